The van der Waals surface area contributed by atoms with Gasteiger partial charge in [0.15, 0.2) is 5.75 Å². The summed E-state index contributed by atoms with van der Waals surface area (Å²) in [6.45, 7) is 2.83. The van der Waals surface area contributed by atoms with Crippen LogP contribution in [0, 0.1) is 0 Å². The predicted molar refractivity (Wildman–Crippen MR) is 111 cm³/mol. The van der Waals surface area contributed by atoms with E-state index in [0.29, 0.717) is 29.3 Å². The molecule has 0 aliphatic rings. The lowest BCUT2D eigenvalue weighted by atomic mass is 10.0. The van der Waals surface area contributed by atoms with Gasteiger partial charge in [-0.25, -0.2) is 0 Å². The van der Waals surface area contributed by atoms with E-state index in [1.54, 1.807) is 12.1 Å². The Morgan fingerprint density at radius 1 is 0.808 bits per heavy atom. The number of hydrogen-bond acceptors (Lipinski definition) is 4. The third-order valence-electron chi connectivity index (χ3n) is 4.74. The van der Waals surface area contributed by atoms with Gasteiger partial charge in [-0.05, 0) is 18.6 Å². The topological polar surface area (TPSA) is 78.3 Å². The number of hydrogen-bond donors (Lipinski definition) is 2. The number of unbranched alkanes of at least 4 members (excludes halogenated alkanes) is 12. The summed E-state index contributed by atoms with van der Waals surface area (Å²) in [5.74, 6) is 0.410. The van der Waals surface area contributed by atoms with Crippen LogP contribution in [0.1, 0.15) is 96.0 Å². The van der Waals surface area contributed by atoms with E-state index < -0.39 is 0 Å². The van der Waals surface area contributed by atoms with Gasteiger partial charge in [0.05, 0.1) is 17.9 Å². The van der Waals surface area contributed by atoms with Crippen LogP contribution in [0.15, 0.2) is 12.1 Å². The Balaban J connectivity index is 1.98. The fourth-order valence-electron chi connectivity index (χ4n) is 3.21. The van der Waals surface area contributed by atoms with Crippen LogP contribution in [0.2, 0.25) is 0 Å². The van der Waals surface area contributed by atoms with Gasteiger partial charge in [0.1, 0.15) is 0 Å². The van der Waals surface area contributed by atoms with E-state index in [2.05, 4.69) is 6.92 Å². The molecule has 147 valence electrons. The molecule has 0 unspecified atom stereocenters. The monoisotopic (exact) mass is 361 g/mol. The van der Waals surface area contributed by atoms with Crippen molar-refractivity contribution in [2.45, 2.75) is 90.4 Å². The fraction of sp³-hybridized carbons (Fsp3) is 0.682. The Bertz CT molecular complexity index is 503. The van der Waals surface area contributed by atoms with Gasteiger partial charge in [-0.1, -0.05) is 84.0 Å². The van der Waals surface area contributed by atoms with E-state index in [1.807, 2.05) is 6.29 Å². The van der Waals surface area contributed by atoms with Gasteiger partial charge in [0.25, 0.3) is 0 Å². The molecule has 4 N–H and O–H groups in total. The first-order valence-corrected chi connectivity index (χ1v) is 10.4. The van der Waals surface area contributed by atoms with Crippen molar-refractivity contribution < 1.29 is 9.53 Å². The summed E-state index contributed by atoms with van der Waals surface area (Å²) in [7, 11) is 0. The molecule has 0 bridgehead atoms. The second-order valence-corrected chi connectivity index (χ2v) is 7.18. The van der Waals surface area contributed by atoms with Crippen molar-refractivity contribution in [2.75, 3.05) is 18.1 Å². The van der Waals surface area contributed by atoms with Gasteiger partial charge in [0, 0.05) is 5.69 Å². The van der Waals surface area contributed by atoms with Crippen LogP contribution in [0.5, 0.6) is 5.75 Å². The van der Waals surface area contributed by atoms with Gasteiger partial charge in [-0.2, -0.15) is 0 Å². The highest BCUT2D eigenvalue weighted by Crippen LogP contribution is 2.28. The molecule has 0 aliphatic heterocycles. The van der Waals surface area contributed by atoms with E-state index in [4.69, 9.17) is 16.2 Å². The summed E-state index contributed by atoms with van der Waals surface area (Å²) in [5.41, 5.74) is 12.7. The van der Waals surface area contributed by atoms with Gasteiger partial charge in [-0.3, -0.25) is 4.79 Å². The standard InChI is InChI=1S/C22H37N2O2/c1-2-3-4-5-6-7-8-9-10-11-12-13-14-15-26-22-19(18-25)16-20(23)17-21(22)24/h16-17H,2-15,23-24H2,1H3. The predicted octanol–water partition coefficient (Wildman–Crippen LogP) is 5.78. The Labute approximate surface area is 159 Å². The molecule has 0 spiro atoms. The summed E-state index contributed by atoms with van der Waals surface area (Å²) in [6, 6.07) is 3.16. The van der Waals surface area contributed by atoms with E-state index in [9.17, 15) is 4.79 Å². The van der Waals surface area contributed by atoms with Crippen molar-refractivity contribution in [2.24, 2.45) is 0 Å². The van der Waals surface area contributed by atoms with Gasteiger partial charge in [0.2, 0.25) is 6.29 Å². The molecule has 0 atom stereocenters. The van der Waals surface area contributed by atoms with Crippen molar-refractivity contribution in [3.05, 3.63) is 17.7 Å². The second kappa shape index (κ2) is 14.5. The lowest BCUT2D eigenvalue weighted by molar-refractivity contribution is 0.305. The summed E-state index contributed by atoms with van der Waals surface area (Å²) in [5, 5.41) is 0. The molecule has 1 aromatic rings. The lowest BCUT2D eigenvalue weighted by Gasteiger charge is -2.11. The van der Waals surface area contributed by atoms with Crippen molar-refractivity contribution in [3.63, 3.8) is 0 Å². The van der Waals surface area contributed by atoms with Crippen LogP contribution in [-0.4, -0.2) is 12.9 Å². The SMILES string of the molecule is CCCCCCCCCCCCCCCOc1c(N)cc(N)cc1[C]=O. The first-order chi connectivity index (χ1) is 12.7. The number of benzene rings is 1. The van der Waals surface area contributed by atoms with E-state index in [-0.39, 0.29) is 0 Å². The van der Waals surface area contributed by atoms with Gasteiger partial charge in [-0.15, -0.1) is 0 Å². The number of nitrogen functional groups attached to an aromatic ring is 2. The molecule has 1 radical (unpaired) electrons. The molecule has 0 saturated heterocycles. The molecular formula is C22H37N2O2. The number of ether oxygens (including phenoxy) is 1. The molecule has 1 rings (SSSR count). The summed E-state index contributed by atoms with van der Waals surface area (Å²) < 4.78 is 5.67. The van der Waals surface area contributed by atoms with Crippen LogP contribution >= 0.6 is 0 Å². The average molecular weight is 362 g/mol. The molecule has 0 saturated carbocycles. The molecule has 0 fully saturated rings. The van der Waals surface area contributed by atoms with Crippen molar-refractivity contribution >= 4 is 17.7 Å². The molecule has 4 nitrogen and oxygen atoms in total. The largest absolute Gasteiger partial charge is 0.491 e. The molecule has 4 heteroatoms. The Kier molecular flexibility index (Phi) is 12.4. The minimum Gasteiger partial charge on any atom is -0.491 e. The normalized spacial score (nSPS) is 10.8. The number of nitrogens with two attached hydrogens (primary N) is 2. The third kappa shape index (κ3) is 9.69. The number of anilines is 2. The summed E-state index contributed by atoms with van der Waals surface area (Å²) >= 11 is 0. The smallest absolute Gasteiger partial charge is 0.237 e. The van der Waals surface area contributed by atoms with Crippen LogP contribution in [0.4, 0.5) is 11.4 Å². The Morgan fingerprint density at radius 3 is 1.81 bits per heavy atom. The van der Waals surface area contributed by atoms with Crippen LogP contribution in [0.25, 0.3) is 0 Å². The highest BCUT2D eigenvalue weighted by Gasteiger charge is 2.09. The van der Waals surface area contributed by atoms with E-state index in [1.165, 1.54) is 70.6 Å². The molecule has 0 amide bonds. The number of carbonyl (C=O) groups excluding carboxylic acids is 1. The zero-order valence-corrected chi connectivity index (χ0v) is 16.5. The quantitative estimate of drug-likeness (QED) is 0.289. The van der Waals surface area contributed by atoms with Crippen molar-refractivity contribution in [1.82, 2.24) is 0 Å². The highest BCUT2D eigenvalue weighted by molar-refractivity contribution is 5.86. The van der Waals surface area contributed by atoms with Crippen LogP contribution < -0.4 is 16.2 Å². The van der Waals surface area contributed by atoms with Crippen LogP contribution in [-0.2, 0) is 4.79 Å². The van der Waals surface area contributed by atoms with Crippen LogP contribution in [0.3, 0.4) is 0 Å². The molecule has 0 aliphatic carbocycles. The molecule has 26 heavy (non-hydrogen) atoms. The zero-order chi connectivity index (χ0) is 19.0. The maximum Gasteiger partial charge on any atom is 0.237 e. The van der Waals surface area contributed by atoms with Crippen molar-refractivity contribution in [1.29, 1.82) is 0 Å². The molecule has 1 aromatic carbocycles. The minimum atomic E-state index is 0.303. The first kappa shape index (κ1) is 22.3. The maximum absolute atomic E-state index is 11.0. The highest BCUT2D eigenvalue weighted by atomic mass is 16.5. The van der Waals surface area contributed by atoms with Crippen molar-refractivity contribution in [3.8, 4) is 5.75 Å². The molecule has 0 heterocycles. The summed E-state index contributed by atoms with van der Waals surface area (Å²) in [6.07, 6.45) is 18.9. The van der Waals surface area contributed by atoms with E-state index in [0.717, 1.165) is 12.8 Å². The lowest BCUT2D eigenvalue weighted by Crippen LogP contribution is -2.04. The molecule has 0 aromatic heterocycles. The summed E-state index contributed by atoms with van der Waals surface area (Å²) in [4.78, 5) is 11.0. The fourth-order valence-corrected chi connectivity index (χ4v) is 3.21. The molecular weight excluding hydrogens is 324 g/mol. The minimum absolute atomic E-state index is 0.303. The zero-order valence-electron chi connectivity index (χ0n) is 16.5. The first-order valence-electron chi connectivity index (χ1n) is 10.4. The maximum atomic E-state index is 11.0. The average Bonchev–Trinajstić information content (AvgIpc) is 2.63. The Morgan fingerprint density at radius 2 is 1.31 bits per heavy atom. The van der Waals surface area contributed by atoms with E-state index >= 15 is 0 Å². The number of rotatable bonds is 16. The second-order valence-electron chi connectivity index (χ2n) is 7.18. The van der Waals surface area contributed by atoms with Gasteiger partial charge < -0.3 is 16.2 Å². The Hall–Kier alpha value is -1.71. The third-order valence-corrected chi connectivity index (χ3v) is 4.74. The van der Waals surface area contributed by atoms with Gasteiger partial charge >= 0.3 is 0 Å².